The van der Waals surface area contributed by atoms with Crippen molar-refractivity contribution < 1.29 is 8.78 Å². The van der Waals surface area contributed by atoms with Crippen molar-refractivity contribution in [2.45, 2.75) is 6.43 Å². The predicted octanol–water partition coefficient (Wildman–Crippen LogP) is 3.26. The maximum absolute atomic E-state index is 12.1. The number of hydrogen-bond donors (Lipinski definition) is 0. The average molecular weight is 232 g/mol. The number of benzene rings is 1. The van der Waals surface area contributed by atoms with Crippen LogP contribution in [0.3, 0.4) is 0 Å². The molecule has 0 bridgehead atoms. The summed E-state index contributed by atoms with van der Waals surface area (Å²) in [5.41, 5.74) is 0.278. The average Bonchev–Trinajstić information content (AvgIpc) is 2.04. The molecular weight excluding hydrogens is 228 g/mol. The summed E-state index contributed by atoms with van der Waals surface area (Å²) in [6.45, 7) is 0. The lowest BCUT2D eigenvalue weighted by Gasteiger charge is -2.00. The molecule has 0 aliphatic carbocycles. The van der Waals surface area contributed by atoms with Gasteiger partial charge in [0.15, 0.2) is 0 Å². The van der Waals surface area contributed by atoms with Gasteiger partial charge in [-0.25, -0.2) is 8.78 Å². The Morgan fingerprint density at radius 2 is 2.08 bits per heavy atom. The van der Waals surface area contributed by atoms with Gasteiger partial charge in [0.1, 0.15) is 6.07 Å². The zero-order chi connectivity index (χ0) is 9.14. The number of nitrogens with zero attached hydrogens (tertiary/aromatic N) is 1. The smallest absolute Gasteiger partial charge is 0.205 e. The quantitative estimate of drug-likeness (QED) is 0.728. The first-order valence-electron chi connectivity index (χ1n) is 3.13. The van der Waals surface area contributed by atoms with E-state index in [9.17, 15) is 8.78 Å². The maximum atomic E-state index is 12.1. The number of rotatable bonds is 1. The monoisotopic (exact) mass is 231 g/mol. The van der Waals surface area contributed by atoms with Gasteiger partial charge in [0.05, 0.1) is 5.56 Å². The van der Waals surface area contributed by atoms with Crippen LogP contribution in [0.5, 0.6) is 0 Å². The van der Waals surface area contributed by atoms with E-state index in [-0.39, 0.29) is 5.56 Å². The second-order valence-corrected chi connectivity index (χ2v) is 3.01. The first-order valence-corrected chi connectivity index (χ1v) is 3.92. The Morgan fingerprint density at radius 1 is 1.42 bits per heavy atom. The minimum Gasteiger partial charge on any atom is -0.205 e. The van der Waals surface area contributed by atoms with Crippen molar-refractivity contribution in [1.82, 2.24) is 0 Å². The molecule has 0 aliphatic rings. The topological polar surface area (TPSA) is 23.8 Å². The fourth-order valence-corrected chi connectivity index (χ4v) is 1.24. The van der Waals surface area contributed by atoms with Crippen LogP contribution >= 0.6 is 15.9 Å². The molecule has 0 saturated heterocycles. The molecule has 1 nitrogen and oxygen atoms in total. The molecule has 0 fully saturated rings. The molecule has 0 unspecified atom stereocenters. The molecule has 12 heavy (non-hydrogen) atoms. The number of alkyl halides is 2. The van der Waals surface area contributed by atoms with E-state index in [1.54, 1.807) is 0 Å². The van der Waals surface area contributed by atoms with Crippen LogP contribution in [0.1, 0.15) is 17.6 Å². The second-order valence-electron chi connectivity index (χ2n) is 2.15. The van der Waals surface area contributed by atoms with Gasteiger partial charge in [0.25, 0.3) is 6.43 Å². The Hall–Kier alpha value is -0.950. The maximum Gasteiger partial charge on any atom is 0.263 e. The van der Waals surface area contributed by atoms with Crippen molar-refractivity contribution in [1.29, 1.82) is 5.26 Å². The zero-order valence-corrected chi connectivity index (χ0v) is 7.48. The number of nitriles is 1. The highest BCUT2D eigenvalue weighted by Crippen LogP contribution is 2.24. The van der Waals surface area contributed by atoms with Gasteiger partial charge >= 0.3 is 0 Å². The van der Waals surface area contributed by atoms with Gasteiger partial charge in [-0.3, -0.25) is 0 Å². The molecule has 0 aliphatic heterocycles. The largest absolute Gasteiger partial charge is 0.263 e. The first kappa shape index (κ1) is 9.14. The summed E-state index contributed by atoms with van der Waals surface area (Å²) in [5.74, 6) is 0. The van der Waals surface area contributed by atoms with Gasteiger partial charge in [-0.05, 0) is 28.1 Å². The minimum absolute atomic E-state index is 0.0825. The summed E-state index contributed by atoms with van der Waals surface area (Å²) >= 11 is 3.02. The molecule has 1 aromatic rings. The molecular formula is C8H4BrF2N. The normalized spacial score (nSPS) is 9.92. The van der Waals surface area contributed by atoms with Crippen LogP contribution < -0.4 is 0 Å². The Balaban J connectivity index is 3.12. The summed E-state index contributed by atoms with van der Waals surface area (Å²) in [5, 5.41) is 8.48. The number of halogens is 3. The summed E-state index contributed by atoms with van der Waals surface area (Å²) in [7, 11) is 0. The summed E-state index contributed by atoms with van der Waals surface area (Å²) in [4.78, 5) is 0. The molecule has 1 rings (SSSR count). The molecule has 0 amide bonds. The fourth-order valence-electron chi connectivity index (χ4n) is 0.758. The molecule has 0 N–H and O–H groups in total. The lowest BCUT2D eigenvalue weighted by atomic mass is 10.1. The Bertz CT molecular complexity index is 330. The van der Waals surface area contributed by atoms with Crippen LogP contribution in [0.15, 0.2) is 22.7 Å². The van der Waals surface area contributed by atoms with Crippen LogP contribution in [-0.4, -0.2) is 0 Å². The third-order valence-corrected chi connectivity index (χ3v) is 2.02. The van der Waals surface area contributed by atoms with E-state index in [1.807, 2.05) is 6.07 Å². The van der Waals surface area contributed by atoms with E-state index in [2.05, 4.69) is 15.9 Å². The van der Waals surface area contributed by atoms with Gasteiger partial charge in [-0.15, -0.1) is 0 Å². The van der Waals surface area contributed by atoms with Gasteiger partial charge in [-0.2, -0.15) is 5.26 Å². The molecule has 62 valence electrons. The van der Waals surface area contributed by atoms with Crippen molar-refractivity contribution in [3.05, 3.63) is 33.8 Å². The zero-order valence-electron chi connectivity index (χ0n) is 5.89. The Kier molecular flexibility index (Phi) is 2.77. The van der Waals surface area contributed by atoms with Gasteiger partial charge < -0.3 is 0 Å². The van der Waals surface area contributed by atoms with Crippen molar-refractivity contribution in [3.63, 3.8) is 0 Å². The van der Waals surface area contributed by atoms with Crippen LogP contribution in [0, 0.1) is 11.3 Å². The molecule has 0 atom stereocenters. The third-order valence-electron chi connectivity index (χ3n) is 1.37. The van der Waals surface area contributed by atoms with E-state index < -0.39 is 6.43 Å². The van der Waals surface area contributed by atoms with Gasteiger partial charge in [0, 0.05) is 10.0 Å². The van der Waals surface area contributed by atoms with E-state index in [0.29, 0.717) is 10.0 Å². The van der Waals surface area contributed by atoms with E-state index >= 15 is 0 Å². The van der Waals surface area contributed by atoms with E-state index in [1.165, 1.54) is 18.2 Å². The van der Waals surface area contributed by atoms with Crippen molar-refractivity contribution in [3.8, 4) is 6.07 Å². The molecule has 0 aromatic heterocycles. The third kappa shape index (κ3) is 1.80. The molecule has 4 heteroatoms. The van der Waals surface area contributed by atoms with E-state index in [4.69, 9.17) is 5.26 Å². The molecule has 0 radical (unpaired) electrons. The van der Waals surface area contributed by atoms with Crippen molar-refractivity contribution in [2.24, 2.45) is 0 Å². The second kappa shape index (κ2) is 3.63. The predicted molar refractivity (Wildman–Crippen MR) is 43.8 cm³/mol. The summed E-state index contributed by atoms with van der Waals surface area (Å²) in [6, 6.07) is 5.73. The van der Waals surface area contributed by atoms with Crippen LogP contribution in [0.4, 0.5) is 8.78 Å². The lowest BCUT2D eigenvalue weighted by molar-refractivity contribution is 0.151. The van der Waals surface area contributed by atoms with Gasteiger partial charge in [-0.1, -0.05) is 6.07 Å². The summed E-state index contributed by atoms with van der Waals surface area (Å²) < 4.78 is 24.6. The fraction of sp³-hybridized carbons (Fsp3) is 0.125. The highest BCUT2D eigenvalue weighted by Gasteiger charge is 2.08. The molecule has 0 spiro atoms. The highest BCUT2D eigenvalue weighted by atomic mass is 79.9. The first-order chi connectivity index (χ1) is 5.65. The minimum atomic E-state index is -2.49. The van der Waals surface area contributed by atoms with Crippen molar-refractivity contribution in [2.75, 3.05) is 0 Å². The summed E-state index contributed by atoms with van der Waals surface area (Å²) in [6.07, 6.45) is -2.49. The standard InChI is InChI=1S/C8H4BrF2N/c9-7-3-5(8(10)11)1-2-6(7)4-12/h1-3,8H. The number of hydrogen-bond acceptors (Lipinski definition) is 1. The SMILES string of the molecule is N#Cc1ccc(C(F)F)cc1Br. The Morgan fingerprint density at radius 3 is 2.50 bits per heavy atom. The Labute approximate surface area is 76.8 Å². The molecule has 0 heterocycles. The van der Waals surface area contributed by atoms with Crippen LogP contribution in [-0.2, 0) is 0 Å². The van der Waals surface area contributed by atoms with Gasteiger partial charge in [0.2, 0.25) is 0 Å². The van der Waals surface area contributed by atoms with E-state index in [0.717, 1.165) is 0 Å². The lowest BCUT2D eigenvalue weighted by Crippen LogP contribution is -1.85. The molecule has 1 aromatic carbocycles. The van der Waals surface area contributed by atoms with Crippen LogP contribution in [0.2, 0.25) is 0 Å². The van der Waals surface area contributed by atoms with Crippen LogP contribution in [0.25, 0.3) is 0 Å². The van der Waals surface area contributed by atoms with Crippen molar-refractivity contribution >= 4 is 15.9 Å². The molecule has 0 saturated carbocycles. The highest BCUT2D eigenvalue weighted by molar-refractivity contribution is 9.10.